The Hall–Kier alpha value is -2.82. The molecule has 0 aliphatic carbocycles. The van der Waals surface area contributed by atoms with Crippen molar-refractivity contribution in [3.05, 3.63) is 65.2 Å². The Morgan fingerprint density at radius 1 is 1.16 bits per heavy atom. The molecule has 1 aliphatic heterocycles. The van der Waals surface area contributed by atoms with Gasteiger partial charge in [-0.05, 0) is 48.6 Å². The molecule has 5 heteroatoms. The number of nitrogens with zero attached hydrogens (tertiary/aromatic N) is 1. The maximum absolute atomic E-state index is 13.3. The third-order valence-electron chi connectivity index (χ3n) is 5.59. The van der Waals surface area contributed by atoms with Crippen LogP contribution in [-0.2, 0) is 16.0 Å². The number of nitrogens with one attached hydrogen (secondary N) is 1. The summed E-state index contributed by atoms with van der Waals surface area (Å²) in [7, 11) is 0. The first-order valence-corrected chi connectivity index (χ1v) is 11.2. The van der Waals surface area contributed by atoms with Crippen molar-refractivity contribution in [2.45, 2.75) is 59.6 Å². The van der Waals surface area contributed by atoms with Gasteiger partial charge in [-0.3, -0.25) is 9.59 Å². The standard InChI is InChI=1S/C26H34N2O3/c1-6-15-27-24(29)18(2)31-21-13-12-19-14-16-28(25(30)26(3,4)5)23(22(19)17-21)20-10-8-7-9-11-20/h7-13,17-18,23H,6,14-16H2,1-5H3,(H,27,29)/t18-,23-/m1/s1. The predicted octanol–water partition coefficient (Wildman–Crippen LogP) is 4.50. The number of rotatable bonds is 6. The van der Waals surface area contributed by atoms with Gasteiger partial charge in [-0.1, -0.05) is 64.1 Å². The van der Waals surface area contributed by atoms with Crippen LogP contribution in [0.2, 0.25) is 0 Å². The first-order chi connectivity index (χ1) is 14.7. The number of benzene rings is 2. The molecule has 5 nitrogen and oxygen atoms in total. The smallest absolute Gasteiger partial charge is 0.260 e. The molecule has 166 valence electrons. The van der Waals surface area contributed by atoms with Gasteiger partial charge in [-0.15, -0.1) is 0 Å². The van der Waals surface area contributed by atoms with Crippen LogP contribution in [-0.4, -0.2) is 35.9 Å². The number of hydrogen-bond acceptors (Lipinski definition) is 3. The van der Waals surface area contributed by atoms with Crippen LogP contribution in [0.3, 0.4) is 0 Å². The lowest BCUT2D eigenvalue weighted by molar-refractivity contribution is -0.141. The Balaban J connectivity index is 1.96. The zero-order valence-electron chi connectivity index (χ0n) is 19.3. The van der Waals surface area contributed by atoms with E-state index in [1.54, 1.807) is 6.92 Å². The number of hydrogen-bond donors (Lipinski definition) is 1. The summed E-state index contributed by atoms with van der Waals surface area (Å²) in [5.74, 6) is 0.651. The molecule has 2 amide bonds. The Morgan fingerprint density at radius 3 is 2.52 bits per heavy atom. The van der Waals surface area contributed by atoms with E-state index in [4.69, 9.17) is 4.74 Å². The molecule has 0 aromatic heterocycles. The highest BCUT2D eigenvalue weighted by Gasteiger charge is 2.37. The summed E-state index contributed by atoms with van der Waals surface area (Å²) in [4.78, 5) is 27.5. The lowest BCUT2D eigenvalue weighted by Crippen LogP contribution is -2.45. The van der Waals surface area contributed by atoms with Gasteiger partial charge in [-0.25, -0.2) is 0 Å². The summed E-state index contributed by atoms with van der Waals surface area (Å²) in [6.07, 6.45) is 1.09. The lowest BCUT2D eigenvalue weighted by Gasteiger charge is -2.41. The molecule has 0 spiro atoms. The van der Waals surface area contributed by atoms with Gasteiger partial charge >= 0.3 is 0 Å². The molecule has 1 N–H and O–H groups in total. The largest absolute Gasteiger partial charge is 0.481 e. The van der Waals surface area contributed by atoms with Gasteiger partial charge in [0.25, 0.3) is 5.91 Å². The minimum absolute atomic E-state index is 0.122. The average molecular weight is 423 g/mol. The maximum Gasteiger partial charge on any atom is 0.260 e. The van der Waals surface area contributed by atoms with Crippen LogP contribution in [0, 0.1) is 5.41 Å². The van der Waals surface area contributed by atoms with E-state index in [0.29, 0.717) is 18.8 Å². The van der Waals surface area contributed by atoms with E-state index in [0.717, 1.165) is 24.0 Å². The van der Waals surface area contributed by atoms with E-state index in [1.807, 2.05) is 62.9 Å². The molecule has 1 heterocycles. The van der Waals surface area contributed by atoms with Crippen molar-refractivity contribution in [1.82, 2.24) is 10.2 Å². The quantitative estimate of drug-likeness (QED) is 0.746. The van der Waals surface area contributed by atoms with E-state index in [1.165, 1.54) is 5.56 Å². The second-order valence-corrected chi connectivity index (χ2v) is 9.22. The fraction of sp³-hybridized carbons (Fsp3) is 0.462. The summed E-state index contributed by atoms with van der Waals surface area (Å²) < 4.78 is 5.97. The Kier molecular flexibility index (Phi) is 7.04. The van der Waals surface area contributed by atoms with Crippen LogP contribution in [0.1, 0.15) is 63.8 Å². The molecule has 0 bridgehead atoms. The predicted molar refractivity (Wildman–Crippen MR) is 123 cm³/mol. The van der Waals surface area contributed by atoms with E-state index in [2.05, 4.69) is 23.5 Å². The molecule has 31 heavy (non-hydrogen) atoms. The van der Waals surface area contributed by atoms with E-state index in [9.17, 15) is 9.59 Å². The second kappa shape index (κ2) is 9.54. The number of carbonyl (C=O) groups excluding carboxylic acids is 2. The van der Waals surface area contributed by atoms with Crippen LogP contribution < -0.4 is 10.1 Å². The summed E-state index contributed by atoms with van der Waals surface area (Å²) in [5, 5.41) is 2.87. The molecular formula is C26H34N2O3. The Bertz CT molecular complexity index is 918. The van der Waals surface area contributed by atoms with Crippen LogP contribution in [0.4, 0.5) is 0 Å². The highest BCUT2D eigenvalue weighted by Crippen LogP contribution is 2.39. The van der Waals surface area contributed by atoms with E-state index in [-0.39, 0.29) is 17.9 Å². The third-order valence-corrected chi connectivity index (χ3v) is 5.59. The number of carbonyl (C=O) groups is 2. The van der Waals surface area contributed by atoms with E-state index >= 15 is 0 Å². The Morgan fingerprint density at radius 2 is 1.87 bits per heavy atom. The topological polar surface area (TPSA) is 58.6 Å². The highest BCUT2D eigenvalue weighted by molar-refractivity contribution is 5.83. The monoisotopic (exact) mass is 422 g/mol. The first-order valence-electron chi connectivity index (χ1n) is 11.2. The molecule has 2 aromatic carbocycles. The first kappa shape index (κ1) is 22.9. The van der Waals surface area contributed by atoms with Gasteiger partial charge in [0.2, 0.25) is 5.91 Å². The minimum Gasteiger partial charge on any atom is -0.481 e. The van der Waals surface area contributed by atoms with Crippen molar-refractivity contribution in [3.63, 3.8) is 0 Å². The van der Waals surface area contributed by atoms with Gasteiger partial charge < -0.3 is 15.0 Å². The summed E-state index contributed by atoms with van der Waals surface area (Å²) in [6, 6.07) is 15.9. The molecule has 2 aromatic rings. The summed E-state index contributed by atoms with van der Waals surface area (Å²) in [5.41, 5.74) is 2.88. The van der Waals surface area contributed by atoms with Crippen LogP contribution in [0.15, 0.2) is 48.5 Å². The molecule has 0 saturated heterocycles. The molecule has 0 fully saturated rings. The molecule has 3 rings (SSSR count). The van der Waals surface area contributed by atoms with E-state index < -0.39 is 11.5 Å². The minimum atomic E-state index is -0.587. The van der Waals surface area contributed by atoms with Gasteiger partial charge in [0.05, 0.1) is 6.04 Å². The summed E-state index contributed by atoms with van der Waals surface area (Å²) >= 11 is 0. The van der Waals surface area contributed by atoms with Gasteiger partial charge in [-0.2, -0.15) is 0 Å². The zero-order valence-corrected chi connectivity index (χ0v) is 19.3. The van der Waals surface area contributed by atoms with Crippen molar-refractivity contribution in [2.75, 3.05) is 13.1 Å². The van der Waals surface area contributed by atoms with Crippen molar-refractivity contribution < 1.29 is 14.3 Å². The van der Waals surface area contributed by atoms with Crippen molar-refractivity contribution in [2.24, 2.45) is 5.41 Å². The second-order valence-electron chi connectivity index (χ2n) is 9.22. The fourth-order valence-electron chi connectivity index (χ4n) is 3.96. The normalized spacial score (nSPS) is 16.9. The molecular weight excluding hydrogens is 388 g/mol. The lowest BCUT2D eigenvalue weighted by atomic mass is 9.85. The van der Waals surface area contributed by atoms with Gasteiger partial charge in [0.15, 0.2) is 6.10 Å². The van der Waals surface area contributed by atoms with Crippen LogP contribution in [0.5, 0.6) is 5.75 Å². The molecule has 0 unspecified atom stereocenters. The third kappa shape index (κ3) is 5.27. The Labute approximate surface area is 185 Å². The maximum atomic E-state index is 13.3. The zero-order chi connectivity index (χ0) is 22.6. The van der Waals surface area contributed by atoms with Gasteiger partial charge in [0, 0.05) is 18.5 Å². The average Bonchev–Trinajstić information content (AvgIpc) is 2.75. The van der Waals surface area contributed by atoms with Gasteiger partial charge in [0.1, 0.15) is 5.75 Å². The van der Waals surface area contributed by atoms with Crippen molar-refractivity contribution in [1.29, 1.82) is 0 Å². The van der Waals surface area contributed by atoms with Crippen molar-refractivity contribution in [3.8, 4) is 5.75 Å². The number of amides is 2. The SMILES string of the molecule is CCCNC(=O)[C@@H](C)Oc1ccc2c(c1)[C@@H](c1ccccc1)N(C(=O)C(C)(C)C)CC2. The molecule has 0 radical (unpaired) electrons. The van der Waals surface area contributed by atoms with Crippen LogP contribution in [0.25, 0.3) is 0 Å². The number of ether oxygens (including phenoxy) is 1. The van der Waals surface area contributed by atoms with Crippen molar-refractivity contribution >= 4 is 11.8 Å². The highest BCUT2D eigenvalue weighted by atomic mass is 16.5. The van der Waals surface area contributed by atoms with Crippen LogP contribution >= 0.6 is 0 Å². The molecule has 2 atom stereocenters. The summed E-state index contributed by atoms with van der Waals surface area (Å²) in [6.45, 7) is 11.0. The fourth-order valence-corrected chi connectivity index (χ4v) is 3.96. The number of fused-ring (bicyclic) bond motifs is 1. The molecule has 0 saturated carbocycles. The molecule has 1 aliphatic rings.